The molecule has 196 valence electrons. The van der Waals surface area contributed by atoms with E-state index in [2.05, 4.69) is 16.0 Å². The van der Waals surface area contributed by atoms with Crippen molar-refractivity contribution in [3.63, 3.8) is 0 Å². The Hall–Kier alpha value is -3.85. The molecule has 2 amide bonds. The zero-order valence-electron chi connectivity index (χ0n) is 21.9. The third-order valence-electron chi connectivity index (χ3n) is 4.71. The van der Waals surface area contributed by atoms with Crippen LogP contribution in [0, 0.1) is 0 Å². The lowest BCUT2D eigenvalue weighted by molar-refractivity contribution is -0.152. The maximum Gasteiger partial charge on any atom is 0.412 e. The van der Waals surface area contributed by atoms with Gasteiger partial charge in [-0.2, -0.15) is 0 Å². The zero-order valence-corrected chi connectivity index (χ0v) is 22.7. The van der Waals surface area contributed by atoms with Crippen molar-refractivity contribution in [2.75, 3.05) is 22.5 Å². The molecule has 37 heavy (non-hydrogen) atoms. The second-order valence-corrected chi connectivity index (χ2v) is 11.3. The van der Waals surface area contributed by atoms with Crippen LogP contribution in [0.5, 0.6) is 0 Å². The molecule has 9 heteroatoms. The van der Waals surface area contributed by atoms with E-state index in [1.165, 1.54) is 0 Å². The van der Waals surface area contributed by atoms with Gasteiger partial charge >= 0.3 is 12.1 Å². The molecular formula is C28H33N3O5S. The molecule has 3 aromatic rings. The van der Waals surface area contributed by atoms with Gasteiger partial charge in [-0.1, -0.05) is 12.1 Å². The van der Waals surface area contributed by atoms with Crippen LogP contribution in [0.25, 0.3) is 10.4 Å². The summed E-state index contributed by atoms with van der Waals surface area (Å²) in [7, 11) is 0. The average Bonchev–Trinajstić information content (AvgIpc) is 3.32. The Labute approximate surface area is 221 Å². The molecule has 1 heterocycles. The zero-order chi connectivity index (χ0) is 27.2. The van der Waals surface area contributed by atoms with Crippen LogP contribution in [0.3, 0.4) is 0 Å². The summed E-state index contributed by atoms with van der Waals surface area (Å²) in [6.45, 7) is 10.8. The van der Waals surface area contributed by atoms with E-state index in [1.807, 2.05) is 50.4 Å². The van der Waals surface area contributed by atoms with Crippen molar-refractivity contribution >= 4 is 46.4 Å². The number of anilines is 3. The van der Waals surface area contributed by atoms with Gasteiger partial charge in [0.15, 0.2) is 0 Å². The predicted octanol–water partition coefficient (Wildman–Crippen LogP) is 6.77. The lowest BCUT2D eigenvalue weighted by Crippen LogP contribution is -2.28. The lowest BCUT2D eigenvalue weighted by Gasteiger charge is -2.21. The number of carbonyl (C=O) groups is 3. The van der Waals surface area contributed by atoms with E-state index in [-0.39, 0.29) is 18.4 Å². The molecule has 0 bridgehead atoms. The van der Waals surface area contributed by atoms with Crippen LogP contribution >= 0.6 is 11.3 Å². The van der Waals surface area contributed by atoms with Gasteiger partial charge in [-0.3, -0.25) is 14.9 Å². The van der Waals surface area contributed by atoms with Crippen LogP contribution < -0.4 is 16.0 Å². The third kappa shape index (κ3) is 8.95. The van der Waals surface area contributed by atoms with Crippen molar-refractivity contribution in [1.82, 2.24) is 0 Å². The van der Waals surface area contributed by atoms with E-state index in [0.717, 1.165) is 10.4 Å². The monoisotopic (exact) mass is 523 g/mol. The lowest BCUT2D eigenvalue weighted by atomic mass is 10.1. The second kappa shape index (κ2) is 11.5. The first-order chi connectivity index (χ1) is 17.3. The molecule has 0 saturated carbocycles. The number of esters is 1. The summed E-state index contributed by atoms with van der Waals surface area (Å²) in [6.07, 6.45) is -0.618. The van der Waals surface area contributed by atoms with Gasteiger partial charge in [0.1, 0.15) is 17.7 Å². The Morgan fingerprint density at radius 2 is 1.49 bits per heavy atom. The normalized spacial score (nSPS) is 11.4. The maximum atomic E-state index is 13.1. The van der Waals surface area contributed by atoms with Crippen molar-refractivity contribution in [2.45, 2.75) is 52.7 Å². The standard InChI is InChI=1S/C28H33N3O5S/c1-27(2,3)35-24(32)17-29-20-12-9-18(10-13-20)25(33)30-22-16-19(23-8-7-15-37-23)11-14-21(22)31-26(34)36-28(4,5)6/h7-16,29H,17H2,1-6H3,(H,30,33)(H,31,34). The Morgan fingerprint density at radius 3 is 2.08 bits per heavy atom. The van der Waals surface area contributed by atoms with Crippen molar-refractivity contribution in [1.29, 1.82) is 0 Å². The summed E-state index contributed by atoms with van der Waals surface area (Å²) in [5, 5.41) is 10.6. The molecule has 8 nitrogen and oxygen atoms in total. The van der Waals surface area contributed by atoms with Crippen molar-refractivity contribution in [3.8, 4) is 10.4 Å². The molecule has 0 atom stereocenters. The number of ether oxygens (including phenoxy) is 2. The topological polar surface area (TPSA) is 106 Å². The number of thiophene rings is 1. The van der Waals surface area contributed by atoms with Crippen molar-refractivity contribution < 1.29 is 23.9 Å². The molecule has 0 aliphatic carbocycles. The molecule has 0 aliphatic rings. The fourth-order valence-electron chi connectivity index (χ4n) is 3.25. The highest BCUT2D eigenvalue weighted by atomic mass is 32.1. The molecule has 3 N–H and O–H groups in total. The first kappa shape index (κ1) is 27.7. The fraction of sp³-hybridized carbons (Fsp3) is 0.321. The van der Waals surface area contributed by atoms with E-state index in [9.17, 15) is 14.4 Å². The summed E-state index contributed by atoms with van der Waals surface area (Å²) in [5.74, 6) is -0.723. The largest absolute Gasteiger partial charge is 0.459 e. The highest BCUT2D eigenvalue weighted by Gasteiger charge is 2.19. The minimum absolute atomic E-state index is 0.0119. The van der Waals surface area contributed by atoms with Gasteiger partial charge in [0, 0.05) is 16.1 Å². The van der Waals surface area contributed by atoms with E-state index >= 15 is 0 Å². The molecule has 0 fully saturated rings. The summed E-state index contributed by atoms with van der Waals surface area (Å²) >= 11 is 1.57. The summed E-state index contributed by atoms with van der Waals surface area (Å²) in [4.78, 5) is 38.4. The quantitative estimate of drug-likeness (QED) is 0.295. The van der Waals surface area contributed by atoms with Gasteiger partial charge in [-0.15, -0.1) is 11.3 Å². The molecule has 0 saturated heterocycles. The van der Waals surface area contributed by atoms with Crippen LogP contribution in [0.2, 0.25) is 0 Å². The number of rotatable bonds is 7. The van der Waals surface area contributed by atoms with E-state index in [4.69, 9.17) is 9.47 Å². The van der Waals surface area contributed by atoms with Crippen LogP contribution in [-0.4, -0.2) is 35.7 Å². The van der Waals surface area contributed by atoms with Gasteiger partial charge in [0.05, 0.1) is 11.4 Å². The number of hydrogen-bond donors (Lipinski definition) is 3. The van der Waals surface area contributed by atoms with Crippen molar-refractivity contribution in [3.05, 3.63) is 65.5 Å². The van der Waals surface area contributed by atoms with Crippen LogP contribution in [-0.2, 0) is 14.3 Å². The highest BCUT2D eigenvalue weighted by molar-refractivity contribution is 7.13. The summed E-state index contributed by atoms with van der Waals surface area (Å²) in [6, 6.07) is 16.1. The highest BCUT2D eigenvalue weighted by Crippen LogP contribution is 2.32. The summed E-state index contributed by atoms with van der Waals surface area (Å²) in [5.41, 5.74) is 1.62. The molecule has 3 rings (SSSR count). The van der Waals surface area contributed by atoms with Crippen LogP contribution in [0.4, 0.5) is 21.9 Å². The average molecular weight is 524 g/mol. The van der Waals surface area contributed by atoms with Crippen molar-refractivity contribution in [2.24, 2.45) is 0 Å². The number of benzene rings is 2. The first-order valence-electron chi connectivity index (χ1n) is 11.8. The van der Waals surface area contributed by atoms with Gasteiger partial charge in [-0.25, -0.2) is 4.79 Å². The van der Waals surface area contributed by atoms with Crippen LogP contribution in [0.1, 0.15) is 51.9 Å². The minimum Gasteiger partial charge on any atom is -0.459 e. The minimum atomic E-state index is -0.663. The van der Waals surface area contributed by atoms with E-state index < -0.39 is 17.3 Å². The number of carbonyl (C=O) groups excluding carboxylic acids is 3. The van der Waals surface area contributed by atoms with E-state index in [0.29, 0.717) is 22.6 Å². The van der Waals surface area contributed by atoms with E-state index in [1.54, 1.807) is 62.4 Å². The number of amides is 2. The van der Waals surface area contributed by atoms with Gasteiger partial charge in [0.25, 0.3) is 5.91 Å². The smallest absolute Gasteiger partial charge is 0.412 e. The Bertz CT molecular complexity index is 1240. The Kier molecular flexibility index (Phi) is 8.60. The predicted molar refractivity (Wildman–Crippen MR) is 148 cm³/mol. The SMILES string of the molecule is CC(C)(C)OC(=O)CNc1ccc(C(=O)Nc2cc(-c3cccs3)ccc2NC(=O)OC(C)(C)C)cc1. The summed E-state index contributed by atoms with van der Waals surface area (Å²) < 4.78 is 10.7. The molecule has 0 unspecified atom stereocenters. The van der Waals surface area contributed by atoms with Gasteiger partial charge in [-0.05, 0) is 95.0 Å². The van der Waals surface area contributed by atoms with Gasteiger partial charge < -0.3 is 20.1 Å². The van der Waals surface area contributed by atoms with Gasteiger partial charge in [0.2, 0.25) is 0 Å². The molecule has 0 spiro atoms. The molecule has 0 radical (unpaired) electrons. The molecular weight excluding hydrogens is 490 g/mol. The first-order valence-corrected chi connectivity index (χ1v) is 12.7. The fourth-order valence-corrected chi connectivity index (χ4v) is 3.98. The van der Waals surface area contributed by atoms with Crippen LogP contribution in [0.15, 0.2) is 60.0 Å². The number of nitrogens with one attached hydrogen (secondary N) is 3. The molecule has 2 aromatic carbocycles. The number of hydrogen-bond acceptors (Lipinski definition) is 7. The third-order valence-corrected chi connectivity index (χ3v) is 5.63. The Morgan fingerprint density at radius 1 is 0.811 bits per heavy atom. The Balaban J connectivity index is 1.74. The molecule has 1 aromatic heterocycles. The molecule has 0 aliphatic heterocycles. The second-order valence-electron chi connectivity index (χ2n) is 10.3. The maximum absolute atomic E-state index is 13.1.